The zero-order chi connectivity index (χ0) is 13.0. The Balaban J connectivity index is 3.11. The fourth-order valence-electron chi connectivity index (χ4n) is 1.98. The molecule has 0 aromatic rings. The van der Waals surface area contributed by atoms with Crippen molar-refractivity contribution in [2.75, 3.05) is 6.26 Å². The number of hydrogen-bond donors (Lipinski definition) is 0. The maximum Gasteiger partial charge on any atom is 0.0100 e. The maximum absolute atomic E-state index is 5.34. The first-order valence-corrected chi connectivity index (χ1v) is 8.43. The Kier molecular flexibility index (Phi) is 11.3. The molecule has 0 atom stereocenters. The summed E-state index contributed by atoms with van der Waals surface area (Å²) in [6.45, 7) is 10.1. The summed E-state index contributed by atoms with van der Waals surface area (Å²) in [4.78, 5) is 0. The fraction of sp³-hybridized carbons (Fsp3) is 0.875. The van der Waals surface area contributed by atoms with Crippen LogP contribution in [-0.2, 0) is 0 Å². The van der Waals surface area contributed by atoms with Gasteiger partial charge in [0.2, 0.25) is 0 Å². The predicted octanol–water partition coefficient (Wildman–Crippen LogP) is 6.02. The van der Waals surface area contributed by atoms with E-state index in [-0.39, 0.29) is 0 Å². The van der Waals surface area contributed by atoms with E-state index in [1.807, 2.05) is 11.8 Å². The van der Waals surface area contributed by atoms with Gasteiger partial charge in [0.25, 0.3) is 0 Å². The third-order valence-electron chi connectivity index (χ3n) is 3.45. The standard InChI is InChI=1S/C16H31S/c1-5-6-7-8-9-10-11-12-13-14-15-16(2,3)17-4/h1,5H,6-15H2,2-4H3. The van der Waals surface area contributed by atoms with Crippen LogP contribution in [-0.4, -0.2) is 11.0 Å². The van der Waals surface area contributed by atoms with Gasteiger partial charge in [-0.25, -0.2) is 0 Å². The third-order valence-corrected chi connectivity index (χ3v) is 4.76. The summed E-state index contributed by atoms with van der Waals surface area (Å²) >= 11 is 1.99. The lowest BCUT2D eigenvalue weighted by molar-refractivity contribution is 0.530. The van der Waals surface area contributed by atoms with E-state index < -0.39 is 0 Å². The number of rotatable bonds is 12. The lowest BCUT2D eigenvalue weighted by Crippen LogP contribution is -2.13. The van der Waals surface area contributed by atoms with Crippen LogP contribution < -0.4 is 0 Å². The van der Waals surface area contributed by atoms with Crippen LogP contribution in [0.1, 0.15) is 78.1 Å². The molecule has 0 N–H and O–H groups in total. The Bertz CT molecular complexity index is 172. The summed E-state index contributed by atoms with van der Waals surface area (Å²) in [6, 6.07) is 0. The van der Waals surface area contributed by atoms with Gasteiger partial charge in [0.05, 0.1) is 0 Å². The molecular formula is C16H31S. The number of thioether (sulfide) groups is 1. The molecule has 0 spiro atoms. The second-order valence-corrected chi connectivity index (χ2v) is 7.08. The molecule has 0 aromatic carbocycles. The van der Waals surface area contributed by atoms with Crippen LogP contribution in [0.5, 0.6) is 0 Å². The topological polar surface area (TPSA) is 0 Å². The van der Waals surface area contributed by atoms with Crippen LogP contribution in [0.2, 0.25) is 0 Å². The quantitative estimate of drug-likeness (QED) is 0.384. The summed E-state index contributed by atoms with van der Waals surface area (Å²) in [5, 5.41) is 0. The minimum Gasteiger partial charge on any atom is -0.159 e. The Morgan fingerprint density at radius 3 is 1.82 bits per heavy atom. The van der Waals surface area contributed by atoms with E-state index in [1.165, 1.54) is 57.8 Å². The first-order chi connectivity index (χ1) is 8.12. The van der Waals surface area contributed by atoms with E-state index in [1.54, 1.807) is 6.08 Å². The minimum absolute atomic E-state index is 0.485. The number of allylic oxidation sites excluding steroid dienone is 1. The van der Waals surface area contributed by atoms with Crippen molar-refractivity contribution >= 4 is 11.8 Å². The van der Waals surface area contributed by atoms with Crippen LogP contribution in [0.25, 0.3) is 0 Å². The van der Waals surface area contributed by atoms with Crippen LogP contribution in [0, 0.1) is 6.58 Å². The Morgan fingerprint density at radius 2 is 1.35 bits per heavy atom. The van der Waals surface area contributed by atoms with Gasteiger partial charge in [0, 0.05) is 4.75 Å². The molecule has 0 bridgehead atoms. The highest BCUT2D eigenvalue weighted by atomic mass is 32.2. The number of hydrogen-bond acceptors (Lipinski definition) is 1. The molecule has 0 unspecified atom stereocenters. The second-order valence-electron chi connectivity index (χ2n) is 5.57. The highest BCUT2D eigenvalue weighted by molar-refractivity contribution is 7.99. The first kappa shape index (κ1) is 17.1. The molecule has 0 aromatic heterocycles. The van der Waals surface area contributed by atoms with Crippen molar-refractivity contribution in [3.63, 3.8) is 0 Å². The van der Waals surface area contributed by atoms with Crippen molar-refractivity contribution in [2.24, 2.45) is 0 Å². The summed E-state index contributed by atoms with van der Waals surface area (Å²) < 4.78 is 0.485. The molecule has 0 aliphatic heterocycles. The smallest absolute Gasteiger partial charge is 0.0100 e. The summed E-state index contributed by atoms with van der Waals surface area (Å²) in [7, 11) is 0. The van der Waals surface area contributed by atoms with E-state index in [0.717, 1.165) is 6.42 Å². The Hall–Kier alpha value is 0.0900. The highest BCUT2D eigenvalue weighted by Gasteiger charge is 2.14. The SMILES string of the molecule is [CH]=CCCCCCCCCCCC(C)(C)SC. The van der Waals surface area contributed by atoms with Crippen LogP contribution in [0.15, 0.2) is 6.08 Å². The summed E-state index contributed by atoms with van der Waals surface area (Å²) in [6.07, 6.45) is 17.6. The summed E-state index contributed by atoms with van der Waals surface area (Å²) in [5.74, 6) is 0. The summed E-state index contributed by atoms with van der Waals surface area (Å²) in [5.41, 5.74) is 0. The molecule has 0 heterocycles. The van der Waals surface area contributed by atoms with Gasteiger partial charge in [-0.1, -0.05) is 71.4 Å². The molecule has 0 aliphatic rings. The van der Waals surface area contributed by atoms with E-state index >= 15 is 0 Å². The minimum atomic E-state index is 0.485. The molecule has 0 nitrogen and oxygen atoms in total. The molecule has 0 aliphatic carbocycles. The monoisotopic (exact) mass is 255 g/mol. The predicted molar refractivity (Wildman–Crippen MR) is 82.6 cm³/mol. The van der Waals surface area contributed by atoms with Crippen molar-refractivity contribution in [1.82, 2.24) is 0 Å². The van der Waals surface area contributed by atoms with Gasteiger partial charge in [-0.05, 0) is 25.5 Å². The molecule has 0 saturated carbocycles. The van der Waals surface area contributed by atoms with Gasteiger partial charge < -0.3 is 0 Å². The van der Waals surface area contributed by atoms with E-state index in [9.17, 15) is 0 Å². The molecule has 0 amide bonds. The largest absolute Gasteiger partial charge is 0.159 e. The zero-order valence-corrected chi connectivity index (χ0v) is 13.0. The van der Waals surface area contributed by atoms with Crippen molar-refractivity contribution in [1.29, 1.82) is 0 Å². The Morgan fingerprint density at radius 1 is 0.882 bits per heavy atom. The van der Waals surface area contributed by atoms with Gasteiger partial charge in [0.1, 0.15) is 0 Å². The van der Waals surface area contributed by atoms with Crippen LogP contribution in [0.4, 0.5) is 0 Å². The van der Waals surface area contributed by atoms with Crippen molar-refractivity contribution < 1.29 is 0 Å². The van der Waals surface area contributed by atoms with Crippen molar-refractivity contribution in [3.05, 3.63) is 12.7 Å². The normalized spacial score (nSPS) is 11.7. The van der Waals surface area contributed by atoms with E-state index in [4.69, 9.17) is 6.58 Å². The van der Waals surface area contributed by atoms with Gasteiger partial charge in [-0.3, -0.25) is 0 Å². The second kappa shape index (κ2) is 11.2. The van der Waals surface area contributed by atoms with Gasteiger partial charge >= 0.3 is 0 Å². The molecule has 0 fully saturated rings. The van der Waals surface area contributed by atoms with Crippen molar-refractivity contribution in [2.45, 2.75) is 82.8 Å². The number of unbranched alkanes of at least 4 members (excludes halogenated alkanes) is 8. The Labute approximate surface area is 114 Å². The van der Waals surface area contributed by atoms with Gasteiger partial charge in [-0.2, -0.15) is 11.8 Å². The first-order valence-electron chi connectivity index (χ1n) is 7.21. The molecular weight excluding hydrogens is 224 g/mol. The third kappa shape index (κ3) is 12.3. The van der Waals surface area contributed by atoms with Crippen molar-refractivity contribution in [3.8, 4) is 0 Å². The molecule has 101 valence electrons. The van der Waals surface area contributed by atoms with Gasteiger partial charge in [-0.15, -0.1) is 0 Å². The fourth-order valence-corrected chi connectivity index (χ4v) is 2.32. The lowest BCUT2D eigenvalue weighted by atomic mass is 10.0. The van der Waals surface area contributed by atoms with Gasteiger partial charge in [0.15, 0.2) is 0 Å². The molecule has 0 saturated heterocycles. The van der Waals surface area contributed by atoms with E-state index in [2.05, 4.69) is 20.1 Å². The molecule has 1 heteroatoms. The molecule has 0 rings (SSSR count). The van der Waals surface area contributed by atoms with Crippen LogP contribution >= 0.6 is 11.8 Å². The highest BCUT2D eigenvalue weighted by Crippen LogP contribution is 2.27. The molecule has 17 heavy (non-hydrogen) atoms. The average molecular weight is 255 g/mol. The lowest BCUT2D eigenvalue weighted by Gasteiger charge is -2.21. The maximum atomic E-state index is 5.34. The average Bonchev–Trinajstić information content (AvgIpc) is 2.31. The molecule has 1 radical (unpaired) electrons. The van der Waals surface area contributed by atoms with Crippen LogP contribution in [0.3, 0.4) is 0 Å². The van der Waals surface area contributed by atoms with E-state index in [0.29, 0.717) is 4.75 Å². The zero-order valence-electron chi connectivity index (χ0n) is 12.1.